The molecule has 2 fully saturated rings. The molecule has 37 heavy (non-hydrogen) atoms. The van der Waals surface area contributed by atoms with Gasteiger partial charge in [0.05, 0.1) is 41.6 Å². The van der Waals surface area contributed by atoms with Crippen molar-refractivity contribution in [1.29, 1.82) is 5.26 Å². The van der Waals surface area contributed by atoms with E-state index in [2.05, 4.69) is 9.97 Å². The molecule has 2 aromatic heterocycles. The lowest BCUT2D eigenvalue weighted by Gasteiger charge is -2.55. The Bertz CT molecular complexity index is 1650. The lowest BCUT2D eigenvalue weighted by Crippen LogP contribution is -2.66. The van der Waals surface area contributed by atoms with Gasteiger partial charge in [-0.15, -0.1) is 11.3 Å². The fraction of sp³-hybridized carbons (Fsp3) is 0.292. The Morgan fingerprint density at radius 3 is 2.54 bits per heavy atom. The number of hydrogen-bond donors (Lipinski definition) is 1. The Morgan fingerprint density at radius 1 is 1.22 bits per heavy atom. The van der Waals surface area contributed by atoms with Crippen molar-refractivity contribution >= 4 is 43.1 Å². The summed E-state index contributed by atoms with van der Waals surface area (Å²) < 4.78 is 84.4. The number of hydrogen-bond acceptors (Lipinski definition) is 8. The molecular weight excluding hydrogens is 517 g/mol. The van der Waals surface area contributed by atoms with Gasteiger partial charge in [0.2, 0.25) is 0 Å². The van der Waals surface area contributed by atoms with Gasteiger partial charge in [0.15, 0.2) is 5.82 Å². The standard InChI is InChI=1S/C24H16F5N5O2S/c1-35-22-32-18-11(21(33-22)34-6-23(7-34)8-36-9-23)4-13(24(27,28)29)16(17(18)26)10-2-3-14(25)19-15(10)12(5-30)20(31)37-19/h2-4H,6-9,31H2,1H3. The number of nitrogens with two attached hydrogens (primary N) is 1. The number of benzene rings is 2. The summed E-state index contributed by atoms with van der Waals surface area (Å²) in [6, 6.07) is 4.30. The van der Waals surface area contributed by atoms with Crippen LogP contribution in [-0.2, 0) is 10.9 Å². The van der Waals surface area contributed by atoms with Crippen LogP contribution >= 0.6 is 11.3 Å². The highest BCUT2D eigenvalue weighted by atomic mass is 32.1. The second-order valence-electron chi connectivity index (χ2n) is 9.14. The first kappa shape index (κ1) is 23.6. The van der Waals surface area contributed by atoms with Crippen LogP contribution in [-0.4, -0.2) is 43.4 Å². The van der Waals surface area contributed by atoms with Crippen molar-refractivity contribution in [3.8, 4) is 23.2 Å². The average molecular weight is 533 g/mol. The van der Waals surface area contributed by atoms with Crippen molar-refractivity contribution in [2.45, 2.75) is 6.18 Å². The first-order chi connectivity index (χ1) is 17.6. The number of anilines is 2. The summed E-state index contributed by atoms with van der Waals surface area (Å²) in [6.45, 7) is 2.01. The summed E-state index contributed by atoms with van der Waals surface area (Å²) in [5.41, 5.74) is 2.64. The number of nitrogens with zero attached hydrogens (tertiary/aromatic N) is 4. The summed E-state index contributed by atoms with van der Waals surface area (Å²) in [5.74, 6) is -1.97. The second-order valence-corrected chi connectivity index (χ2v) is 10.2. The summed E-state index contributed by atoms with van der Waals surface area (Å²) in [5, 5.41) is 9.17. The molecule has 1 spiro atoms. The van der Waals surface area contributed by atoms with Crippen LogP contribution in [0.2, 0.25) is 0 Å². The predicted molar refractivity (Wildman–Crippen MR) is 126 cm³/mol. The van der Waals surface area contributed by atoms with Gasteiger partial charge in [0, 0.05) is 29.4 Å². The molecule has 0 saturated carbocycles. The molecule has 0 bridgehead atoms. The highest BCUT2D eigenvalue weighted by Gasteiger charge is 2.50. The van der Waals surface area contributed by atoms with Crippen molar-refractivity contribution in [2.24, 2.45) is 5.41 Å². The number of alkyl halides is 3. The molecular formula is C24H16F5N5O2S. The Morgan fingerprint density at radius 2 is 1.95 bits per heavy atom. The zero-order valence-electron chi connectivity index (χ0n) is 19.0. The molecule has 0 radical (unpaired) electrons. The number of nitrogen functional groups attached to an aromatic ring is 1. The van der Waals surface area contributed by atoms with Crippen LogP contribution in [0.4, 0.5) is 32.8 Å². The molecule has 2 aromatic carbocycles. The number of ether oxygens (including phenoxy) is 2. The quantitative estimate of drug-likeness (QED) is 0.366. The maximum Gasteiger partial charge on any atom is 0.417 e. The van der Waals surface area contributed by atoms with E-state index in [0.29, 0.717) is 37.6 Å². The summed E-state index contributed by atoms with van der Waals surface area (Å²) in [6.07, 6.45) is -5.01. The SMILES string of the molecule is COc1nc(N2CC3(COC3)C2)c2cc(C(F)(F)F)c(-c3ccc(F)c4sc(N)c(C#N)c34)c(F)c2n1. The van der Waals surface area contributed by atoms with E-state index in [4.69, 9.17) is 15.2 Å². The van der Waals surface area contributed by atoms with Crippen LogP contribution in [0.3, 0.4) is 0 Å². The topological polar surface area (TPSA) is 97.3 Å². The second kappa shape index (κ2) is 7.87. The molecule has 0 amide bonds. The van der Waals surface area contributed by atoms with E-state index in [-0.39, 0.29) is 48.8 Å². The first-order valence-electron chi connectivity index (χ1n) is 11.0. The molecule has 7 nitrogen and oxygen atoms in total. The van der Waals surface area contributed by atoms with Crippen molar-refractivity contribution < 1.29 is 31.4 Å². The van der Waals surface area contributed by atoms with Gasteiger partial charge >= 0.3 is 12.2 Å². The Labute approximate surface area is 209 Å². The van der Waals surface area contributed by atoms with E-state index in [0.717, 1.165) is 18.2 Å². The van der Waals surface area contributed by atoms with E-state index in [1.807, 2.05) is 0 Å². The molecule has 2 N–H and O–H groups in total. The third-order valence-corrected chi connectivity index (χ3v) is 7.77. The number of nitriles is 1. The van der Waals surface area contributed by atoms with Gasteiger partial charge in [-0.1, -0.05) is 6.07 Å². The average Bonchev–Trinajstić information content (AvgIpc) is 3.14. The summed E-state index contributed by atoms with van der Waals surface area (Å²) in [4.78, 5) is 10.0. The molecule has 2 aliphatic heterocycles. The Kier molecular flexibility index (Phi) is 5.02. The molecule has 0 unspecified atom stereocenters. The monoisotopic (exact) mass is 533 g/mol. The third kappa shape index (κ3) is 3.39. The fourth-order valence-corrected chi connectivity index (χ4v) is 5.95. The number of methoxy groups -OCH3 is 1. The molecule has 0 aliphatic carbocycles. The van der Waals surface area contributed by atoms with Gasteiger partial charge in [0.1, 0.15) is 28.2 Å². The normalized spacial score (nSPS) is 16.6. The van der Waals surface area contributed by atoms with E-state index >= 15 is 4.39 Å². The Balaban J connectivity index is 1.68. The van der Waals surface area contributed by atoms with Crippen molar-refractivity contribution in [3.63, 3.8) is 0 Å². The Hall–Kier alpha value is -3.76. The maximum atomic E-state index is 16.2. The van der Waals surface area contributed by atoms with Crippen LogP contribution in [0.5, 0.6) is 6.01 Å². The highest BCUT2D eigenvalue weighted by molar-refractivity contribution is 7.23. The smallest absolute Gasteiger partial charge is 0.417 e. The number of aromatic nitrogens is 2. The first-order valence-corrected chi connectivity index (χ1v) is 11.8. The molecule has 2 aliphatic rings. The zero-order chi connectivity index (χ0) is 26.3. The molecule has 2 saturated heterocycles. The molecule has 13 heteroatoms. The van der Waals surface area contributed by atoms with Gasteiger partial charge in [-0.25, -0.2) is 8.78 Å². The van der Waals surface area contributed by atoms with Gasteiger partial charge in [-0.2, -0.15) is 28.4 Å². The van der Waals surface area contributed by atoms with Crippen LogP contribution in [0.1, 0.15) is 11.1 Å². The number of thiophene rings is 1. The molecule has 4 heterocycles. The van der Waals surface area contributed by atoms with Crippen LogP contribution in [0, 0.1) is 28.4 Å². The molecule has 6 rings (SSSR count). The largest absolute Gasteiger partial charge is 0.467 e. The fourth-order valence-electron chi connectivity index (χ4n) is 5.01. The third-order valence-electron chi connectivity index (χ3n) is 6.75. The van der Waals surface area contributed by atoms with Crippen LogP contribution in [0.15, 0.2) is 18.2 Å². The number of fused-ring (bicyclic) bond motifs is 2. The lowest BCUT2D eigenvalue weighted by atomic mass is 9.78. The van der Waals surface area contributed by atoms with Crippen LogP contribution in [0.25, 0.3) is 32.1 Å². The minimum Gasteiger partial charge on any atom is -0.467 e. The van der Waals surface area contributed by atoms with Crippen molar-refractivity contribution in [2.75, 3.05) is 44.0 Å². The van der Waals surface area contributed by atoms with Gasteiger partial charge in [-0.05, 0) is 17.7 Å². The van der Waals surface area contributed by atoms with Crippen molar-refractivity contribution in [3.05, 3.63) is 41.0 Å². The van der Waals surface area contributed by atoms with E-state index < -0.39 is 34.5 Å². The number of rotatable bonds is 3. The highest BCUT2D eigenvalue weighted by Crippen LogP contribution is 2.49. The molecule has 4 aromatic rings. The van der Waals surface area contributed by atoms with Gasteiger partial charge in [0.25, 0.3) is 0 Å². The summed E-state index contributed by atoms with van der Waals surface area (Å²) in [7, 11) is 1.27. The predicted octanol–water partition coefficient (Wildman–Crippen LogP) is 5.11. The maximum absolute atomic E-state index is 16.2. The van der Waals surface area contributed by atoms with E-state index in [9.17, 15) is 22.8 Å². The van der Waals surface area contributed by atoms with E-state index in [1.54, 1.807) is 11.0 Å². The minimum atomic E-state index is -5.01. The number of halogens is 5. The molecule has 0 atom stereocenters. The van der Waals surface area contributed by atoms with Crippen molar-refractivity contribution in [1.82, 2.24) is 9.97 Å². The zero-order valence-corrected chi connectivity index (χ0v) is 19.9. The van der Waals surface area contributed by atoms with E-state index in [1.165, 1.54) is 7.11 Å². The minimum absolute atomic E-state index is 0.0865. The van der Waals surface area contributed by atoms with Gasteiger partial charge in [-0.3, -0.25) is 0 Å². The van der Waals surface area contributed by atoms with Crippen LogP contribution < -0.4 is 15.4 Å². The summed E-state index contributed by atoms with van der Waals surface area (Å²) >= 11 is 0.706. The molecule has 190 valence electrons. The van der Waals surface area contributed by atoms with Gasteiger partial charge < -0.3 is 20.1 Å². The lowest BCUT2D eigenvalue weighted by molar-refractivity contribution is -0.137.